The molecule has 8 heteroatoms. The molecule has 1 fully saturated rings. The van der Waals surface area contributed by atoms with Gasteiger partial charge in [-0.25, -0.2) is 4.98 Å². The number of benzene rings is 1. The number of ether oxygens (including phenoxy) is 1. The molecule has 2 heterocycles. The van der Waals surface area contributed by atoms with Gasteiger partial charge in [0.2, 0.25) is 0 Å². The maximum absolute atomic E-state index is 5.63. The monoisotopic (exact) mass is 529 g/mol. The van der Waals surface area contributed by atoms with Gasteiger partial charge in [0, 0.05) is 49.5 Å². The highest BCUT2D eigenvalue weighted by atomic mass is 127. The summed E-state index contributed by atoms with van der Waals surface area (Å²) >= 11 is 1.71. The highest BCUT2D eigenvalue weighted by Gasteiger charge is 2.34. The summed E-state index contributed by atoms with van der Waals surface area (Å²) in [5.74, 6) is 0.799. The SMILES string of the molecule is CN=C(NCc1ncc(C)s1)NCC1(NC(C)c2ccccc2)CCOCC1.I. The van der Waals surface area contributed by atoms with Gasteiger partial charge in [0.1, 0.15) is 5.01 Å². The lowest BCUT2D eigenvalue weighted by molar-refractivity contribution is 0.0355. The molecule has 3 rings (SSSR count). The van der Waals surface area contributed by atoms with Crippen molar-refractivity contribution in [2.24, 2.45) is 4.99 Å². The molecule has 6 nitrogen and oxygen atoms in total. The van der Waals surface area contributed by atoms with E-state index >= 15 is 0 Å². The minimum absolute atomic E-state index is 0. The van der Waals surface area contributed by atoms with Gasteiger partial charge in [0.15, 0.2) is 5.96 Å². The van der Waals surface area contributed by atoms with Crippen molar-refractivity contribution in [2.45, 2.75) is 44.8 Å². The molecule has 0 amide bonds. The fourth-order valence-electron chi connectivity index (χ4n) is 3.53. The Balaban J connectivity index is 0.00000300. The zero-order chi connectivity index (χ0) is 19.8. The Hall–Kier alpha value is -1.23. The van der Waals surface area contributed by atoms with E-state index in [4.69, 9.17) is 4.74 Å². The van der Waals surface area contributed by atoms with E-state index in [9.17, 15) is 0 Å². The van der Waals surface area contributed by atoms with Crippen molar-refractivity contribution in [3.63, 3.8) is 0 Å². The highest BCUT2D eigenvalue weighted by Crippen LogP contribution is 2.25. The van der Waals surface area contributed by atoms with Crippen LogP contribution in [0.5, 0.6) is 0 Å². The van der Waals surface area contributed by atoms with Crippen LogP contribution in [0.25, 0.3) is 0 Å². The third kappa shape index (κ3) is 7.20. The van der Waals surface area contributed by atoms with E-state index in [1.165, 1.54) is 10.4 Å². The van der Waals surface area contributed by atoms with Crippen molar-refractivity contribution in [1.82, 2.24) is 20.9 Å². The molecule has 0 radical (unpaired) electrons. The minimum Gasteiger partial charge on any atom is -0.381 e. The summed E-state index contributed by atoms with van der Waals surface area (Å²) < 4.78 is 5.63. The fourth-order valence-corrected chi connectivity index (χ4v) is 4.26. The molecule has 0 bridgehead atoms. The number of aryl methyl sites for hydroxylation is 1. The summed E-state index contributed by atoms with van der Waals surface area (Å²) in [6, 6.07) is 10.9. The Morgan fingerprint density at radius 3 is 2.59 bits per heavy atom. The first-order valence-corrected chi connectivity index (χ1v) is 10.7. The van der Waals surface area contributed by atoms with Crippen LogP contribution in [0.15, 0.2) is 41.5 Å². The quantitative estimate of drug-likeness (QED) is 0.291. The number of nitrogens with one attached hydrogen (secondary N) is 3. The van der Waals surface area contributed by atoms with Crippen molar-refractivity contribution in [1.29, 1.82) is 0 Å². The van der Waals surface area contributed by atoms with Crippen LogP contribution in [0.1, 0.15) is 41.3 Å². The molecule has 1 aromatic heterocycles. The molecule has 1 aromatic carbocycles. The van der Waals surface area contributed by atoms with Crippen LogP contribution >= 0.6 is 35.3 Å². The van der Waals surface area contributed by atoms with Crippen molar-refractivity contribution >= 4 is 41.3 Å². The zero-order valence-electron chi connectivity index (χ0n) is 17.4. The number of halogens is 1. The van der Waals surface area contributed by atoms with E-state index in [1.807, 2.05) is 6.20 Å². The van der Waals surface area contributed by atoms with Crippen LogP contribution in [0.2, 0.25) is 0 Å². The molecule has 29 heavy (non-hydrogen) atoms. The molecule has 1 atom stereocenters. The second-order valence-corrected chi connectivity index (χ2v) is 8.63. The van der Waals surface area contributed by atoms with Gasteiger partial charge in [-0.05, 0) is 32.3 Å². The van der Waals surface area contributed by atoms with E-state index in [0.717, 1.165) is 43.6 Å². The van der Waals surface area contributed by atoms with Gasteiger partial charge >= 0.3 is 0 Å². The van der Waals surface area contributed by atoms with Gasteiger partial charge < -0.3 is 20.7 Å². The fraction of sp³-hybridized carbons (Fsp3) is 0.524. The van der Waals surface area contributed by atoms with Crippen LogP contribution in [0.3, 0.4) is 0 Å². The number of guanidine groups is 1. The van der Waals surface area contributed by atoms with Gasteiger partial charge in [-0.15, -0.1) is 35.3 Å². The van der Waals surface area contributed by atoms with Gasteiger partial charge in [-0.2, -0.15) is 0 Å². The molecule has 1 saturated heterocycles. The lowest BCUT2D eigenvalue weighted by atomic mass is 9.88. The molecule has 1 unspecified atom stereocenters. The second-order valence-electron chi connectivity index (χ2n) is 7.31. The van der Waals surface area contributed by atoms with Crippen LogP contribution in [0, 0.1) is 6.92 Å². The summed E-state index contributed by atoms with van der Waals surface area (Å²) in [5, 5.41) is 11.8. The Morgan fingerprint density at radius 2 is 1.97 bits per heavy atom. The predicted molar refractivity (Wildman–Crippen MR) is 131 cm³/mol. The van der Waals surface area contributed by atoms with Crippen molar-refractivity contribution in [2.75, 3.05) is 26.8 Å². The zero-order valence-corrected chi connectivity index (χ0v) is 20.6. The molecule has 1 aliphatic heterocycles. The highest BCUT2D eigenvalue weighted by molar-refractivity contribution is 14.0. The van der Waals surface area contributed by atoms with E-state index in [2.05, 4.69) is 70.1 Å². The summed E-state index contributed by atoms with van der Waals surface area (Å²) in [6.07, 6.45) is 3.85. The molecule has 1 aliphatic rings. The number of hydrogen-bond acceptors (Lipinski definition) is 5. The van der Waals surface area contributed by atoms with Gasteiger partial charge in [0.05, 0.1) is 6.54 Å². The standard InChI is InChI=1S/C21H31N5OS.HI/c1-16-13-23-19(28-16)14-24-20(22-3)25-15-21(9-11-27-12-10-21)26-17(2)18-7-5-4-6-8-18;/h4-8,13,17,26H,9-12,14-15H2,1-3H3,(H2,22,24,25);1H. The molecule has 0 aliphatic carbocycles. The van der Waals surface area contributed by atoms with E-state index < -0.39 is 0 Å². The molecule has 3 N–H and O–H groups in total. The Bertz CT molecular complexity index is 761. The summed E-state index contributed by atoms with van der Waals surface area (Å²) in [5.41, 5.74) is 1.28. The molecule has 0 saturated carbocycles. The second kappa shape index (κ2) is 11.8. The number of aromatic nitrogens is 1. The smallest absolute Gasteiger partial charge is 0.191 e. The van der Waals surface area contributed by atoms with Crippen molar-refractivity contribution < 1.29 is 4.74 Å². The Kier molecular flexibility index (Phi) is 9.81. The lowest BCUT2D eigenvalue weighted by Gasteiger charge is -2.41. The van der Waals surface area contributed by atoms with Crippen molar-refractivity contribution in [3.05, 3.63) is 52.0 Å². The third-order valence-electron chi connectivity index (χ3n) is 5.17. The van der Waals surface area contributed by atoms with Gasteiger partial charge in [-0.1, -0.05) is 30.3 Å². The summed E-state index contributed by atoms with van der Waals surface area (Å²) in [4.78, 5) is 10.0. The average Bonchev–Trinajstić information content (AvgIpc) is 3.14. The van der Waals surface area contributed by atoms with E-state index in [1.54, 1.807) is 18.4 Å². The number of nitrogens with zero attached hydrogens (tertiary/aromatic N) is 2. The first-order valence-electron chi connectivity index (χ1n) is 9.86. The van der Waals surface area contributed by atoms with Crippen LogP contribution in [0.4, 0.5) is 0 Å². The Morgan fingerprint density at radius 1 is 1.24 bits per heavy atom. The first kappa shape index (κ1) is 24.0. The normalized spacial score (nSPS) is 17.3. The van der Waals surface area contributed by atoms with Gasteiger partial charge in [-0.3, -0.25) is 4.99 Å². The number of hydrogen-bond donors (Lipinski definition) is 3. The molecule has 160 valence electrons. The maximum atomic E-state index is 5.63. The van der Waals surface area contributed by atoms with Gasteiger partial charge in [0.25, 0.3) is 0 Å². The molecular formula is C21H32IN5OS. The summed E-state index contributed by atoms with van der Waals surface area (Å²) in [6.45, 7) is 7.33. The average molecular weight is 529 g/mol. The number of thiazole rings is 1. The lowest BCUT2D eigenvalue weighted by Crippen LogP contribution is -2.58. The summed E-state index contributed by atoms with van der Waals surface area (Å²) in [7, 11) is 1.80. The first-order chi connectivity index (χ1) is 13.6. The van der Waals surface area contributed by atoms with E-state index in [-0.39, 0.29) is 35.6 Å². The van der Waals surface area contributed by atoms with Crippen molar-refractivity contribution in [3.8, 4) is 0 Å². The molecule has 2 aromatic rings. The van der Waals surface area contributed by atoms with Crippen LogP contribution in [-0.4, -0.2) is 43.3 Å². The maximum Gasteiger partial charge on any atom is 0.191 e. The third-order valence-corrected chi connectivity index (χ3v) is 6.08. The van der Waals surface area contributed by atoms with E-state index in [0.29, 0.717) is 6.54 Å². The predicted octanol–water partition coefficient (Wildman–Crippen LogP) is 3.63. The topological polar surface area (TPSA) is 70.6 Å². The van der Waals surface area contributed by atoms with Crippen LogP contribution in [-0.2, 0) is 11.3 Å². The Labute approximate surface area is 195 Å². The molecular weight excluding hydrogens is 497 g/mol. The van der Waals surface area contributed by atoms with Crippen LogP contribution < -0.4 is 16.0 Å². The number of aliphatic imine (C=N–C) groups is 1. The molecule has 0 spiro atoms. The largest absolute Gasteiger partial charge is 0.381 e. The number of rotatable bonds is 7. The minimum atomic E-state index is -0.0249.